The number of carbonyl (C=O) groups excluding carboxylic acids is 2. The van der Waals surface area contributed by atoms with Gasteiger partial charge >= 0.3 is 0 Å². The molecule has 2 amide bonds. The highest BCUT2D eigenvalue weighted by molar-refractivity contribution is 6.31. The van der Waals surface area contributed by atoms with E-state index in [2.05, 4.69) is 5.32 Å². The van der Waals surface area contributed by atoms with Crippen LogP contribution in [0.3, 0.4) is 0 Å². The van der Waals surface area contributed by atoms with E-state index in [1.54, 1.807) is 11.0 Å². The van der Waals surface area contributed by atoms with E-state index in [-0.39, 0.29) is 11.8 Å². The number of halogens is 1. The maximum Gasteiger partial charge on any atom is 0.222 e. The van der Waals surface area contributed by atoms with Crippen LogP contribution >= 0.6 is 11.6 Å². The summed E-state index contributed by atoms with van der Waals surface area (Å²) in [4.78, 5) is 24.8. The van der Waals surface area contributed by atoms with Crippen LogP contribution in [0.25, 0.3) is 0 Å². The zero-order valence-electron chi connectivity index (χ0n) is 12.0. The number of nitrogens with zero attached hydrogens (tertiary/aromatic N) is 1. The molecule has 0 bridgehead atoms. The summed E-state index contributed by atoms with van der Waals surface area (Å²) in [5.74, 6) is -0.0713. The molecular formula is C15H21ClN2O2. The molecule has 0 aliphatic rings. The number of hydrogen-bond acceptors (Lipinski definition) is 2. The molecular weight excluding hydrogens is 276 g/mol. The summed E-state index contributed by atoms with van der Waals surface area (Å²) in [7, 11) is 0. The number of carbonyl (C=O) groups is 2. The van der Waals surface area contributed by atoms with Crippen LogP contribution in [0.4, 0.5) is 0 Å². The van der Waals surface area contributed by atoms with E-state index in [9.17, 15) is 9.59 Å². The molecule has 110 valence electrons. The van der Waals surface area contributed by atoms with Crippen LogP contribution < -0.4 is 5.32 Å². The van der Waals surface area contributed by atoms with Gasteiger partial charge in [-0.2, -0.15) is 0 Å². The molecule has 0 unspecified atom stereocenters. The Hall–Kier alpha value is -1.55. The molecule has 1 N–H and O–H groups in total. The van der Waals surface area contributed by atoms with Gasteiger partial charge in [-0.3, -0.25) is 9.59 Å². The van der Waals surface area contributed by atoms with Gasteiger partial charge in [0.05, 0.1) is 0 Å². The van der Waals surface area contributed by atoms with Crippen molar-refractivity contribution in [2.75, 3.05) is 13.1 Å². The van der Waals surface area contributed by atoms with Crippen LogP contribution in [-0.4, -0.2) is 29.8 Å². The van der Waals surface area contributed by atoms with Crippen molar-refractivity contribution < 1.29 is 9.59 Å². The highest BCUT2D eigenvalue weighted by Gasteiger charge is 2.10. The minimum Gasteiger partial charge on any atom is -0.352 e. The smallest absolute Gasteiger partial charge is 0.222 e. The lowest BCUT2D eigenvalue weighted by molar-refractivity contribution is -0.129. The fraction of sp³-hybridized carbons (Fsp3) is 0.467. The zero-order chi connectivity index (χ0) is 15.0. The van der Waals surface area contributed by atoms with Gasteiger partial charge in [0, 0.05) is 38.0 Å². The Bertz CT molecular complexity index is 463. The van der Waals surface area contributed by atoms with E-state index in [0.717, 1.165) is 12.0 Å². The lowest BCUT2D eigenvalue weighted by atomic mass is 10.2. The third-order valence-electron chi connectivity index (χ3n) is 2.98. The van der Waals surface area contributed by atoms with Gasteiger partial charge in [0.1, 0.15) is 0 Å². The highest BCUT2D eigenvalue weighted by atomic mass is 35.5. The Morgan fingerprint density at radius 1 is 1.25 bits per heavy atom. The van der Waals surface area contributed by atoms with Gasteiger partial charge in [0.15, 0.2) is 0 Å². The highest BCUT2D eigenvalue weighted by Crippen LogP contribution is 2.14. The third-order valence-corrected chi connectivity index (χ3v) is 3.35. The lowest BCUT2D eigenvalue weighted by Crippen LogP contribution is -2.34. The van der Waals surface area contributed by atoms with Crippen LogP contribution in [0, 0.1) is 0 Å². The molecule has 1 aromatic rings. The van der Waals surface area contributed by atoms with E-state index in [4.69, 9.17) is 11.6 Å². The number of rotatable bonds is 7. The normalized spacial score (nSPS) is 10.2. The summed E-state index contributed by atoms with van der Waals surface area (Å²) in [5, 5.41) is 3.46. The molecule has 0 aliphatic heterocycles. The predicted molar refractivity (Wildman–Crippen MR) is 80.5 cm³/mol. The first-order valence-corrected chi connectivity index (χ1v) is 7.18. The molecule has 0 aliphatic carbocycles. The summed E-state index contributed by atoms with van der Waals surface area (Å²) >= 11 is 6.01. The molecule has 20 heavy (non-hydrogen) atoms. The summed E-state index contributed by atoms with van der Waals surface area (Å²) in [6, 6.07) is 7.40. The van der Waals surface area contributed by atoms with Gasteiger partial charge in [-0.15, -0.1) is 0 Å². The van der Waals surface area contributed by atoms with Crippen LogP contribution in [0.5, 0.6) is 0 Å². The van der Waals surface area contributed by atoms with Crippen molar-refractivity contribution in [3.05, 3.63) is 34.9 Å². The molecule has 0 saturated heterocycles. The van der Waals surface area contributed by atoms with Crippen molar-refractivity contribution in [2.24, 2.45) is 0 Å². The lowest BCUT2D eigenvalue weighted by Gasteiger charge is -2.19. The van der Waals surface area contributed by atoms with Crippen molar-refractivity contribution in [3.63, 3.8) is 0 Å². The minimum atomic E-state index is -0.0766. The maximum absolute atomic E-state index is 11.8. The van der Waals surface area contributed by atoms with Crippen molar-refractivity contribution in [3.8, 4) is 0 Å². The van der Waals surface area contributed by atoms with Crippen LogP contribution in [0.1, 0.15) is 32.3 Å². The number of amides is 2. The van der Waals surface area contributed by atoms with E-state index in [1.165, 1.54) is 6.92 Å². The second-order valence-electron chi connectivity index (χ2n) is 4.62. The molecule has 1 rings (SSSR count). The van der Waals surface area contributed by atoms with E-state index in [0.29, 0.717) is 31.1 Å². The first-order chi connectivity index (χ1) is 9.54. The molecule has 0 radical (unpaired) electrons. The second kappa shape index (κ2) is 8.59. The van der Waals surface area contributed by atoms with Crippen molar-refractivity contribution in [1.29, 1.82) is 0 Å². The van der Waals surface area contributed by atoms with Crippen LogP contribution in [0.15, 0.2) is 24.3 Å². The van der Waals surface area contributed by atoms with E-state index >= 15 is 0 Å². The summed E-state index contributed by atoms with van der Waals surface area (Å²) in [6.07, 6.45) is 1.20. The van der Waals surface area contributed by atoms with Crippen molar-refractivity contribution >= 4 is 23.4 Å². The average Bonchev–Trinajstić information content (AvgIpc) is 2.42. The Kier molecular flexibility index (Phi) is 7.09. The maximum atomic E-state index is 11.8. The van der Waals surface area contributed by atoms with E-state index < -0.39 is 0 Å². The number of hydrogen-bond donors (Lipinski definition) is 1. The fourth-order valence-corrected chi connectivity index (χ4v) is 2.06. The van der Waals surface area contributed by atoms with Gasteiger partial charge in [0.2, 0.25) is 11.8 Å². The molecule has 4 nitrogen and oxygen atoms in total. The monoisotopic (exact) mass is 296 g/mol. The Morgan fingerprint density at radius 2 is 1.95 bits per heavy atom. The Morgan fingerprint density at radius 3 is 2.55 bits per heavy atom. The SMILES string of the molecule is CCCN(CCC(=O)NCc1ccccc1Cl)C(C)=O. The first kappa shape index (κ1) is 16.5. The van der Waals surface area contributed by atoms with Crippen molar-refractivity contribution in [2.45, 2.75) is 33.2 Å². The average molecular weight is 297 g/mol. The van der Waals surface area contributed by atoms with Crippen molar-refractivity contribution in [1.82, 2.24) is 10.2 Å². The molecule has 0 heterocycles. The third kappa shape index (κ3) is 5.61. The zero-order valence-corrected chi connectivity index (χ0v) is 12.7. The quantitative estimate of drug-likeness (QED) is 0.841. The molecule has 0 spiro atoms. The first-order valence-electron chi connectivity index (χ1n) is 6.80. The van der Waals surface area contributed by atoms with E-state index in [1.807, 2.05) is 25.1 Å². The standard InChI is InChI=1S/C15H21ClN2O2/c1-3-9-18(12(2)19)10-8-15(20)17-11-13-6-4-5-7-14(13)16/h4-7H,3,8-11H2,1-2H3,(H,17,20). The molecule has 0 atom stereocenters. The number of nitrogens with one attached hydrogen (secondary N) is 1. The van der Waals surface area contributed by atoms with Gasteiger partial charge in [-0.1, -0.05) is 36.7 Å². The largest absolute Gasteiger partial charge is 0.352 e. The number of benzene rings is 1. The Balaban J connectivity index is 2.37. The van der Waals surface area contributed by atoms with Gasteiger partial charge in [-0.25, -0.2) is 0 Å². The van der Waals surface area contributed by atoms with Gasteiger partial charge < -0.3 is 10.2 Å². The fourth-order valence-electron chi connectivity index (χ4n) is 1.86. The molecule has 1 aromatic carbocycles. The minimum absolute atomic E-state index is 0.00533. The summed E-state index contributed by atoms with van der Waals surface area (Å²) in [5.41, 5.74) is 0.888. The van der Waals surface area contributed by atoms with Crippen LogP contribution in [-0.2, 0) is 16.1 Å². The van der Waals surface area contributed by atoms with Gasteiger partial charge in [-0.05, 0) is 18.1 Å². The molecule has 0 saturated carbocycles. The van der Waals surface area contributed by atoms with Gasteiger partial charge in [0.25, 0.3) is 0 Å². The predicted octanol–water partition coefficient (Wildman–Crippen LogP) is 2.60. The second-order valence-corrected chi connectivity index (χ2v) is 5.03. The van der Waals surface area contributed by atoms with Crippen LogP contribution in [0.2, 0.25) is 5.02 Å². The topological polar surface area (TPSA) is 49.4 Å². The molecule has 0 aromatic heterocycles. The summed E-state index contributed by atoms with van der Waals surface area (Å²) < 4.78 is 0. The Labute approximate surface area is 125 Å². The molecule has 0 fully saturated rings. The molecule has 5 heteroatoms. The summed E-state index contributed by atoms with van der Waals surface area (Å²) in [6.45, 7) is 5.09.